The molecule has 1 N–H and O–H groups in total. The fourth-order valence-corrected chi connectivity index (χ4v) is 2.04. The van der Waals surface area contributed by atoms with Crippen LogP contribution in [-0.4, -0.2) is 27.9 Å². The standard InChI is InChI=1S/C12H19IN4/c1-8-7-11(17(4)9(2)13)5-6-12(8)16-15-10(3)14/h6-7,9,11,14H,5H2,1-4H3. The highest BCUT2D eigenvalue weighted by atomic mass is 127. The maximum Gasteiger partial charge on any atom is 0.140 e. The first-order valence-corrected chi connectivity index (χ1v) is 6.88. The molecule has 0 aromatic heterocycles. The first-order chi connectivity index (χ1) is 7.91. The van der Waals surface area contributed by atoms with Crippen molar-refractivity contribution in [3.05, 3.63) is 23.4 Å². The lowest BCUT2D eigenvalue weighted by Gasteiger charge is -2.29. The summed E-state index contributed by atoms with van der Waals surface area (Å²) in [4.78, 5) is 2.33. The zero-order valence-electron chi connectivity index (χ0n) is 10.7. The molecule has 0 saturated carbocycles. The van der Waals surface area contributed by atoms with Crippen LogP contribution in [0.4, 0.5) is 0 Å². The Bertz CT molecular complexity index is 382. The predicted molar refractivity (Wildman–Crippen MR) is 79.7 cm³/mol. The van der Waals surface area contributed by atoms with Crippen LogP contribution in [0.2, 0.25) is 0 Å². The minimum absolute atomic E-state index is 0.235. The Morgan fingerprint density at radius 2 is 2.29 bits per heavy atom. The Morgan fingerprint density at radius 1 is 1.65 bits per heavy atom. The molecule has 2 unspecified atom stereocenters. The molecule has 17 heavy (non-hydrogen) atoms. The van der Waals surface area contributed by atoms with E-state index in [2.05, 4.69) is 63.8 Å². The summed E-state index contributed by atoms with van der Waals surface area (Å²) in [5.41, 5.74) is 2.03. The van der Waals surface area contributed by atoms with Gasteiger partial charge in [-0.15, -0.1) is 10.2 Å². The van der Waals surface area contributed by atoms with Gasteiger partial charge in [-0.25, -0.2) is 0 Å². The molecule has 2 atom stereocenters. The van der Waals surface area contributed by atoms with Gasteiger partial charge in [-0.05, 0) is 39.8 Å². The van der Waals surface area contributed by atoms with E-state index < -0.39 is 0 Å². The summed E-state index contributed by atoms with van der Waals surface area (Å²) >= 11 is 2.41. The molecule has 0 aliphatic heterocycles. The third-order valence-electron chi connectivity index (χ3n) is 2.79. The summed E-state index contributed by atoms with van der Waals surface area (Å²) < 4.78 is 0.502. The molecule has 4 nitrogen and oxygen atoms in total. The number of rotatable bonds is 3. The third kappa shape index (κ3) is 4.31. The van der Waals surface area contributed by atoms with Gasteiger partial charge in [-0.3, -0.25) is 10.3 Å². The van der Waals surface area contributed by atoms with Crippen LogP contribution in [0.1, 0.15) is 27.2 Å². The highest BCUT2D eigenvalue weighted by molar-refractivity contribution is 14.1. The fourth-order valence-electron chi connectivity index (χ4n) is 1.63. The van der Waals surface area contributed by atoms with Gasteiger partial charge in [0.2, 0.25) is 0 Å². The summed E-state index contributed by atoms with van der Waals surface area (Å²) in [7, 11) is 2.13. The number of nitrogens with one attached hydrogen (secondary N) is 1. The molecule has 0 aromatic carbocycles. The summed E-state index contributed by atoms with van der Waals surface area (Å²) in [5.74, 6) is 0.235. The number of nitrogens with zero attached hydrogens (tertiary/aromatic N) is 3. The molecule has 5 heteroatoms. The van der Waals surface area contributed by atoms with Gasteiger partial charge in [0.25, 0.3) is 0 Å². The van der Waals surface area contributed by atoms with Crippen LogP contribution >= 0.6 is 22.6 Å². The van der Waals surface area contributed by atoms with Crippen LogP contribution in [-0.2, 0) is 0 Å². The van der Waals surface area contributed by atoms with Gasteiger partial charge in [0, 0.05) is 6.04 Å². The highest BCUT2D eigenvalue weighted by Crippen LogP contribution is 2.24. The number of azo groups is 1. The van der Waals surface area contributed by atoms with E-state index in [1.54, 1.807) is 6.92 Å². The molecule has 0 saturated heterocycles. The molecule has 0 fully saturated rings. The first kappa shape index (κ1) is 14.5. The second-order valence-electron chi connectivity index (χ2n) is 4.27. The molecule has 1 rings (SSSR count). The van der Waals surface area contributed by atoms with Gasteiger partial charge in [0.05, 0.1) is 9.75 Å². The van der Waals surface area contributed by atoms with Crippen molar-refractivity contribution in [3.63, 3.8) is 0 Å². The fraction of sp³-hybridized carbons (Fsp3) is 0.583. The number of amidine groups is 1. The molecule has 0 heterocycles. The number of alkyl halides is 1. The van der Waals surface area contributed by atoms with Crippen molar-refractivity contribution in [3.8, 4) is 0 Å². The van der Waals surface area contributed by atoms with Crippen LogP contribution in [0.3, 0.4) is 0 Å². The van der Waals surface area contributed by atoms with Gasteiger partial charge >= 0.3 is 0 Å². The zero-order valence-corrected chi connectivity index (χ0v) is 12.9. The van der Waals surface area contributed by atoms with E-state index in [9.17, 15) is 0 Å². The molecular formula is C12H19IN4. The van der Waals surface area contributed by atoms with E-state index in [0.29, 0.717) is 10.1 Å². The zero-order chi connectivity index (χ0) is 13.0. The molecule has 0 radical (unpaired) electrons. The van der Waals surface area contributed by atoms with Gasteiger partial charge in [-0.2, -0.15) is 0 Å². The Hall–Kier alpha value is -0.560. The Morgan fingerprint density at radius 3 is 2.76 bits per heavy atom. The maximum atomic E-state index is 7.23. The van der Waals surface area contributed by atoms with E-state index in [4.69, 9.17) is 5.41 Å². The van der Waals surface area contributed by atoms with Gasteiger partial charge in [-0.1, -0.05) is 34.7 Å². The number of allylic oxidation sites excluding steroid dienone is 1. The second-order valence-corrected chi connectivity index (χ2v) is 6.07. The Balaban J connectivity index is 2.74. The quantitative estimate of drug-likeness (QED) is 0.208. The molecule has 1 aliphatic carbocycles. The number of hydrogen-bond donors (Lipinski definition) is 1. The lowest BCUT2D eigenvalue weighted by Crippen LogP contribution is -2.35. The van der Waals surface area contributed by atoms with Gasteiger partial charge in [0.15, 0.2) is 0 Å². The largest absolute Gasteiger partial charge is 0.288 e. The van der Waals surface area contributed by atoms with Gasteiger partial charge in [0.1, 0.15) is 5.84 Å². The van der Waals surface area contributed by atoms with Crippen molar-refractivity contribution in [2.75, 3.05) is 7.05 Å². The maximum absolute atomic E-state index is 7.23. The molecule has 0 aromatic rings. The summed E-state index contributed by atoms with van der Waals surface area (Å²) in [6.45, 7) is 5.85. The van der Waals surface area contributed by atoms with Crippen LogP contribution in [0, 0.1) is 5.41 Å². The van der Waals surface area contributed by atoms with Crippen molar-refractivity contribution < 1.29 is 0 Å². The minimum Gasteiger partial charge on any atom is -0.288 e. The highest BCUT2D eigenvalue weighted by Gasteiger charge is 2.19. The van der Waals surface area contributed by atoms with Crippen molar-refractivity contribution in [1.29, 1.82) is 5.41 Å². The van der Waals surface area contributed by atoms with E-state index in [-0.39, 0.29) is 5.84 Å². The minimum atomic E-state index is 0.235. The van der Waals surface area contributed by atoms with E-state index in [1.165, 1.54) is 0 Å². The summed E-state index contributed by atoms with van der Waals surface area (Å²) in [6.07, 6.45) is 5.28. The normalized spacial score (nSPS) is 22.6. The van der Waals surface area contributed by atoms with Crippen molar-refractivity contribution in [1.82, 2.24) is 4.90 Å². The number of likely N-dealkylation sites (N-methyl/N-ethyl adjacent to an activating group) is 1. The second kappa shape index (κ2) is 6.39. The molecule has 0 spiro atoms. The van der Waals surface area contributed by atoms with Crippen molar-refractivity contribution in [2.45, 2.75) is 37.3 Å². The number of halogens is 1. The predicted octanol–water partition coefficient (Wildman–Crippen LogP) is 3.75. The lowest BCUT2D eigenvalue weighted by molar-refractivity contribution is 0.283. The van der Waals surface area contributed by atoms with Crippen LogP contribution < -0.4 is 0 Å². The van der Waals surface area contributed by atoms with E-state index in [1.807, 2.05) is 6.92 Å². The summed E-state index contributed by atoms with van der Waals surface area (Å²) in [6, 6.07) is 0.432. The molecule has 0 amide bonds. The lowest BCUT2D eigenvalue weighted by atomic mass is 10.00. The smallest absolute Gasteiger partial charge is 0.140 e. The molecular weight excluding hydrogens is 327 g/mol. The third-order valence-corrected chi connectivity index (χ3v) is 3.67. The number of hydrogen-bond acceptors (Lipinski definition) is 3. The van der Waals surface area contributed by atoms with Crippen LogP contribution in [0.25, 0.3) is 0 Å². The van der Waals surface area contributed by atoms with E-state index >= 15 is 0 Å². The average Bonchev–Trinajstić information content (AvgIpc) is 2.26. The first-order valence-electron chi connectivity index (χ1n) is 5.63. The van der Waals surface area contributed by atoms with E-state index in [0.717, 1.165) is 17.7 Å². The molecule has 94 valence electrons. The molecule has 1 aliphatic rings. The average molecular weight is 346 g/mol. The Kier molecular flexibility index (Phi) is 5.45. The van der Waals surface area contributed by atoms with Crippen LogP contribution in [0.5, 0.6) is 0 Å². The summed E-state index contributed by atoms with van der Waals surface area (Å²) in [5, 5.41) is 15.1. The monoisotopic (exact) mass is 346 g/mol. The Labute approximate surface area is 117 Å². The van der Waals surface area contributed by atoms with Crippen molar-refractivity contribution >= 4 is 28.4 Å². The van der Waals surface area contributed by atoms with Crippen molar-refractivity contribution in [2.24, 2.45) is 10.2 Å². The topological polar surface area (TPSA) is 51.8 Å². The van der Waals surface area contributed by atoms with Gasteiger partial charge < -0.3 is 0 Å². The molecule has 0 bridgehead atoms. The SMILES string of the molecule is CC(=N)N=NC1=CCC(N(C)C(C)I)C=C1C. The van der Waals surface area contributed by atoms with Crippen LogP contribution in [0.15, 0.2) is 33.7 Å².